The summed E-state index contributed by atoms with van der Waals surface area (Å²) in [6.45, 7) is 14.8. The molecule has 5 heteroatoms. The van der Waals surface area contributed by atoms with Gasteiger partial charge in [0.05, 0.1) is 17.8 Å². The molecule has 0 aliphatic carbocycles. The highest BCUT2D eigenvalue weighted by atomic mass is 19.1. The molecule has 0 atom stereocenters. The molecule has 0 unspecified atom stereocenters. The molecule has 1 rings (SSSR count). The predicted molar refractivity (Wildman–Crippen MR) is 96.5 cm³/mol. The molecule has 1 aromatic carbocycles. The van der Waals surface area contributed by atoms with Crippen molar-refractivity contribution >= 4 is 5.97 Å². The molecular weight excluding hydrogens is 311 g/mol. The van der Waals surface area contributed by atoms with Crippen LogP contribution in [0.2, 0.25) is 0 Å². The van der Waals surface area contributed by atoms with E-state index < -0.39 is 11.8 Å². The van der Waals surface area contributed by atoms with Gasteiger partial charge in [0.1, 0.15) is 6.61 Å². The Morgan fingerprint density at radius 3 is 2.12 bits per heavy atom. The van der Waals surface area contributed by atoms with Crippen molar-refractivity contribution in [3.05, 3.63) is 29.6 Å². The lowest BCUT2D eigenvalue weighted by Gasteiger charge is -2.23. The van der Waals surface area contributed by atoms with Crippen LogP contribution in [0, 0.1) is 5.82 Å². The summed E-state index contributed by atoms with van der Waals surface area (Å²) in [7, 11) is 0. The third kappa shape index (κ3) is 11.0. The van der Waals surface area contributed by atoms with Gasteiger partial charge >= 0.3 is 5.97 Å². The molecule has 1 N–H and O–H groups in total. The summed E-state index contributed by atoms with van der Waals surface area (Å²) in [5, 5.41) is 8.70. The van der Waals surface area contributed by atoms with Gasteiger partial charge in [0, 0.05) is 0 Å². The van der Waals surface area contributed by atoms with E-state index in [2.05, 4.69) is 13.8 Å². The van der Waals surface area contributed by atoms with Crippen molar-refractivity contribution < 1.29 is 23.8 Å². The fourth-order valence-electron chi connectivity index (χ4n) is 1.32. The summed E-state index contributed by atoms with van der Waals surface area (Å²) in [6, 6.07) is 3.55. The Hall–Kier alpha value is -1.62. The first-order valence-corrected chi connectivity index (χ1v) is 8.57. The minimum atomic E-state index is -1.17. The minimum absolute atomic E-state index is 0.0305. The second-order valence-corrected chi connectivity index (χ2v) is 5.47. The second kappa shape index (κ2) is 13.8. The number of aromatic carboxylic acids is 1. The van der Waals surface area contributed by atoms with Gasteiger partial charge in [0.2, 0.25) is 0 Å². The number of halogens is 1. The fourth-order valence-corrected chi connectivity index (χ4v) is 1.32. The Kier molecular flexibility index (Phi) is 14.1. The van der Waals surface area contributed by atoms with Gasteiger partial charge in [-0.25, -0.2) is 9.18 Å². The van der Waals surface area contributed by atoms with Crippen molar-refractivity contribution in [3.63, 3.8) is 0 Å². The van der Waals surface area contributed by atoms with Crippen molar-refractivity contribution in [1.29, 1.82) is 0 Å². The van der Waals surface area contributed by atoms with Crippen LogP contribution in [0.5, 0.6) is 5.75 Å². The third-order valence-corrected chi connectivity index (χ3v) is 2.86. The van der Waals surface area contributed by atoms with Gasteiger partial charge < -0.3 is 14.6 Å². The molecular formula is C19H33FO4. The van der Waals surface area contributed by atoms with Gasteiger partial charge in [-0.2, -0.15) is 0 Å². The number of ether oxygens (including phenoxy) is 2. The summed E-state index contributed by atoms with van der Waals surface area (Å²) in [4.78, 5) is 10.6. The molecule has 0 fully saturated rings. The van der Waals surface area contributed by atoms with E-state index in [0.717, 1.165) is 12.5 Å². The molecule has 0 aliphatic rings. The topological polar surface area (TPSA) is 55.8 Å². The van der Waals surface area contributed by atoms with Gasteiger partial charge in [0.15, 0.2) is 11.6 Å². The standard InChI is InChI=1S/C14H19FO4.C3H8.C2H6/c1-4-14(2,3)19-8-7-18-12-6-5-10(13(16)17)9-11(12)15;1-3-2;1-2/h5-6,9H,4,7-8H2,1-3H3,(H,16,17);3H2,1-2H3;1-2H3. The largest absolute Gasteiger partial charge is 0.488 e. The molecule has 0 heterocycles. The van der Waals surface area contributed by atoms with Crippen LogP contribution in [0.25, 0.3) is 0 Å². The van der Waals surface area contributed by atoms with Gasteiger partial charge in [-0.3, -0.25) is 0 Å². The lowest BCUT2D eigenvalue weighted by atomic mass is 10.1. The van der Waals surface area contributed by atoms with E-state index in [1.54, 1.807) is 0 Å². The zero-order valence-corrected chi connectivity index (χ0v) is 16.1. The first-order chi connectivity index (χ1) is 11.3. The smallest absolute Gasteiger partial charge is 0.335 e. The number of carboxylic acid groups (broad SMARTS) is 1. The van der Waals surface area contributed by atoms with Crippen LogP contribution >= 0.6 is 0 Å². The lowest BCUT2D eigenvalue weighted by molar-refractivity contribution is -0.0320. The summed E-state index contributed by atoms with van der Waals surface area (Å²) >= 11 is 0. The quantitative estimate of drug-likeness (QED) is 0.659. The van der Waals surface area contributed by atoms with Gasteiger partial charge in [-0.1, -0.05) is 41.0 Å². The van der Waals surface area contributed by atoms with Gasteiger partial charge in [-0.05, 0) is 38.5 Å². The van der Waals surface area contributed by atoms with Crippen LogP contribution < -0.4 is 4.74 Å². The first kappa shape index (κ1) is 24.6. The van der Waals surface area contributed by atoms with Crippen molar-refractivity contribution in [2.45, 2.75) is 66.9 Å². The third-order valence-electron chi connectivity index (χ3n) is 2.86. The van der Waals surface area contributed by atoms with E-state index in [-0.39, 0.29) is 23.5 Å². The molecule has 4 nitrogen and oxygen atoms in total. The number of carboxylic acids is 1. The number of carbonyl (C=O) groups is 1. The molecule has 0 saturated heterocycles. The SMILES string of the molecule is CC.CCC.CCC(C)(C)OCCOc1ccc(C(=O)O)cc1F. The van der Waals surface area contributed by atoms with E-state index in [1.165, 1.54) is 18.6 Å². The van der Waals surface area contributed by atoms with Crippen molar-refractivity contribution in [2.24, 2.45) is 0 Å². The number of rotatable bonds is 7. The average Bonchev–Trinajstić information content (AvgIpc) is 2.55. The maximum atomic E-state index is 13.5. The summed E-state index contributed by atoms with van der Waals surface area (Å²) < 4.78 is 24.3. The van der Waals surface area contributed by atoms with Crippen molar-refractivity contribution in [1.82, 2.24) is 0 Å². The van der Waals surface area contributed by atoms with E-state index in [0.29, 0.717) is 6.61 Å². The predicted octanol–water partition coefficient (Wildman–Crippen LogP) is 5.55. The lowest BCUT2D eigenvalue weighted by Crippen LogP contribution is -2.25. The fraction of sp³-hybridized carbons (Fsp3) is 0.632. The van der Waals surface area contributed by atoms with E-state index in [9.17, 15) is 9.18 Å². The number of hydrogen-bond donors (Lipinski definition) is 1. The molecule has 0 bridgehead atoms. The molecule has 0 aliphatic heterocycles. The van der Waals surface area contributed by atoms with Gasteiger partial charge in [0.25, 0.3) is 0 Å². The van der Waals surface area contributed by atoms with Crippen LogP contribution in [0.3, 0.4) is 0 Å². The zero-order chi connectivity index (χ0) is 19.2. The number of hydrogen-bond acceptors (Lipinski definition) is 3. The molecule has 0 aromatic heterocycles. The van der Waals surface area contributed by atoms with Crippen LogP contribution in [0.1, 0.15) is 71.7 Å². The highest BCUT2D eigenvalue weighted by molar-refractivity contribution is 5.87. The number of benzene rings is 1. The Bertz CT molecular complexity index is 459. The average molecular weight is 344 g/mol. The Labute approximate surface area is 146 Å². The maximum Gasteiger partial charge on any atom is 0.335 e. The van der Waals surface area contributed by atoms with E-state index in [1.807, 2.05) is 34.6 Å². The summed E-state index contributed by atoms with van der Waals surface area (Å²) in [6.07, 6.45) is 2.12. The second-order valence-electron chi connectivity index (χ2n) is 5.47. The summed E-state index contributed by atoms with van der Waals surface area (Å²) in [5.41, 5.74) is -0.331. The van der Waals surface area contributed by atoms with Crippen molar-refractivity contribution in [2.75, 3.05) is 13.2 Å². The molecule has 0 spiro atoms. The molecule has 0 amide bonds. The van der Waals surface area contributed by atoms with E-state index >= 15 is 0 Å². The van der Waals surface area contributed by atoms with Crippen LogP contribution in [0.4, 0.5) is 4.39 Å². The zero-order valence-electron chi connectivity index (χ0n) is 16.1. The summed E-state index contributed by atoms with van der Waals surface area (Å²) in [5.74, 6) is -1.82. The highest BCUT2D eigenvalue weighted by Gasteiger charge is 2.15. The van der Waals surface area contributed by atoms with Crippen LogP contribution in [0.15, 0.2) is 18.2 Å². The molecule has 1 aromatic rings. The maximum absolute atomic E-state index is 13.5. The van der Waals surface area contributed by atoms with Gasteiger partial charge in [-0.15, -0.1) is 0 Å². The first-order valence-electron chi connectivity index (χ1n) is 8.57. The Morgan fingerprint density at radius 1 is 1.17 bits per heavy atom. The van der Waals surface area contributed by atoms with Crippen molar-refractivity contribution in [3.8, 4) is 5.75 Å². The monoisotopic (exact) mass is 344 g/mol. The minimum Gasteiger partial charge on any atom is -0.488 e. The molecule has 0 saturated carbocycles. The highest BCUT2D eigenvalue weighted by Crippen LogP contribution is 2.19. The molecule has 0 radical (unpaired) electrons. The normalized spacial score (nSPS) is 10.0. The Balaban J connectivity index is 0. The van der Waals surface area contributed by atoms with Crippen LogP contribution in [-0.4, -0.2) is 29.9 Å². The molecule has 140 valence electrons. The van der Waals surface area contributed by atoms with E-state index in [4.69, 9.17) is 14.6 Å². The van der Waals surface area contributed by atoms with Crippen LogP contribution in [-0.2, 0) is 4.74 Å². The molecule has 24 heavy (non-hydrogen) atoms. The Morgan fingerprint density at radius 2 is 1.71 bits per heavy atom.